The van der Waals surface area contributed by atoms with Crippen molar-refractivity contribution in [3.63, 3.8) is 0 Å². The van der Waals surface area contributed by atoms with Gasteiger partial charge in [-0.05, 0) is 19.3 Å². The largest absolute Gasteiger partial charge is 0.478 e. The molecule has 2 aliphatic heterocycles. The lowest BCUT2D eigenvalue weighted by molar-refractivity contribution is -0.132. The molecule has 0 aliphatic carbocycles. The van der Waals surface area contributed by atoms with E-state index in [0.29, 0.717) is 12.0 Å². The Bertz CT molecular complexity index is 308. The third kappa shape index (κ3) is 3.18. The molecule has 2 rings (SSSR count). The minimum atomic E-state index is -0.851. The molecular weight excluding hydrogens is 208 g/mol. The van der Waals surface area contributed by atoms with Crippen LogP contribution in [0, 0.1) is 0 Å². The van der Waals surface area contributed by atoms with Gasteiger partial charge in [0.2, 0.25) is 0 Å². The van der Waals surface area contributed by atoms with Crippen LogP contribution >= 0.6 is 0 Å². The van der Waals surface area contributed by atoms with Crippen molar-refractivity contribution in [2.45, 2.75) is 31.5 Å². The lowest BCUT2D eigenvalue weighted by Gasteiger charge is -2.09. The van der Waals surface area contributed by atoms with E-state index in [0.717, 1.165) is 31.6 Å². The van der Waals surface area contributed by atoms with Gasteiger partial charge >= 0.3 is 5.97 Å². The van der Waals surface area contributed by atoms with E-state index in [4.69, 9.17) is 14.6 Å². The van der Waals surface area contributed by atoms with E-state index in [2.05, 4.69) is 6.58 Å². The van der Waals surface area contributed by atoms with Gasteiger partial charge in [-0.2, -0.15) is 0 Å². The average Bonchev–Trinajstić information content (AvgIpc) is 3.07. The van der Waals surface area contributed by atoms with E-state index in [-0.39, 0.29) is 12.2 Å². The molecule has 0 amide bonds. The minimum Gasteiger partial charge on any atom is -0.478 e. The van der Waals surface area contributed by atoms with Crippen LogP contribution in [0.2, 0.25) is 0 Å². The van der Waals surface area contributed by atoms with Gasteiger partial charge in [0.25, 0.3) is 0 Å². The monoisotopic (exact) mass is 224 g/mol. The van der Waals surface area contributed by atoms with Gasteiger partial charge < -0.3 is 14.6 Å². The lowest BCUT2D eigenvalue weighted by atomic mass is 9.96. The van der Waals surface area contributed by atoms with Crippen molar-refractivity contribution < 1.29 is 19.4 Å². The first kappa shape index (κ1) is 11.4. The number of aliphatic carboxylic acids is 1. The Morgan fingerprint density at radius 3 is 2.12 bits per heavy atom. The van der Waals surface area contributed by atoms with Crippen LogP contribution in [0.15, 0.2) is 23.8 Å². The third-order valence-electron chi connectivity index (χ3n) is 2.79. The van der Waals surface area contributed by atoms with Crippen molar-refractivity contribution in [3.05, 3.63) is 23.8 Å². The van der Waals surface area contributed by atoms with Crippen LogP contribution in [0.3, 0.4) is 0 Å². The standard InChI is InChI=1S/C12H16O4/c1-2-3-11(12(13)14)8(4-9-6-15-9)5-10-7-16-10/h2,9-10H,1,3-7H2,(H,13,14). The van der Waals surface area contributed by atoms with Gasteiger partial charge in [-0.25, -0.2) is 4.79 Å². The van der Waals surface area contributed by atoms with Gasteiger partial charge in [-0.3, -0.25) is 0 Å². The SMILES string of the molecule is C=CCC(C(=O)O)=C(CC1CO1)CC1CO1. The van der Waals surface area contributed by atoms with Gasteiger partial charge in [0.15, 0.2) is 0 Å². The summed E-state index contributed by atoms with van der Waals surface area (Å²) in [6.07, 6.45) is 3.90. The number of carbonyl (C=O) groups is 1. The van der Waals surface area contributed by atoms with Crippen LogP contribution in [-0.2, 0) is 14.3 Å². The molecule has 2 atom stereocenters. The lowest BCUT2D eigenvalue weighted by Crippen LogP contribution is -2.08. The molecule has 2 heterocycles. The van der Waals surface area contributed by atoms with Crippen LogP contribution in [0.1, 0.15) is 19.3 Å². The summed E-state index contributed by atoms with van der Waals surface area (Å²) in [4.78, 5) is 11.1. The fraction of sp³-hybridized carbons (Fsp3) is 0.583. The molecule has 2 fully saturated rings. The fourth-order valence-electron chi connectivity index (χ4n) is 1.78. The van der Waals surface area contributed by atoms with Crippen molar-refractivity contribution >= 4 is 5.97 Å². The second-order valence-electron chi connectivity index (χ2n) is 4.20. The Labute approximate surface area is 94.5 Å². The molecule has 2 unspecified atom stereocenters. The Balaban J connectivity index is 2.10. The van der Waals surface area contributed by atoms with E-state index in [1.807, 2.05) is 0 Å². The third-order valence-corrected chi connectivity index (χ3v) is 2.79. The first-order valence-corrected chi connectivity index (χ1v) is 5.49. The van der Waals surface area contributed by atoms with Gasteiger partial charge in [0.05, 0.1) is 25.4 Å². The molecule has 2 saturated heterocycles. The minimum absolute atomic E-state index is 0.216. The second-order valence-corrected chi connectivity index (χ2v) is 4.20. The summed E-state index contributed by atoms with van der Waals surface area (Å²) in [5.74, 6) is -0.851. The van der Waals surface area contributed by atoms with Crippen LogP contribution in [0.5, 0.6) is 0 Å². The number of hydrogen-bond acceptors (Lipinski definition) is 3. The van der Waals surface area contributed by atoms with Gasteiger partial charge in [-0.15, -0.1) is 6.58 Å². The van der Waals surface area contributed by atoms with Gasteiger partial charge in [0.1, 0.15) is 0 Å². The number of carboxylic acids is 1. The molecular formula is C12H16O4. The maximum atomic E-state index is 11.1. The molecule has 0 saturated carbocycles. The summed E-state index contributed by atoms with van der Waals surface area (Å²) in [6, 6.07) is 0. The van der Waals surface area contributed by atoms with Crippen LogP contribution in [0.4, 0.5) is 0 Å². The quantitative estimate of drug-likeness (QED) is 0.404. The summed E-state index contributed by atoms with van der Waals surface area (Å²) in [7, 11) is 0. The zero-order valence-electron chi connectivity index (χ0n) is 9.15. The normalized spacial score (nSPS) is 26.0. The summed E-state index contributed by atoms with van der Waals surface area (Å²) >= 11 is 0. The molecule has 4 heteroatoms. The summed E-state index contributed by atoms with van der Waals surface area (Å²) < 4.78 is 10.3. The number of epoxide rings is 2. The molecule has 0 bridgehead atoms. The molecule has 0 spiro atoms. The maximum Gasteiger partial charge on any atom is 0.331 e. The van der Waals surface area contributed by atoms with Crippen LogP contribution < -0.4 is 0 Å². The molecule has 0 aromatic carbocycles. The molecule has 2 aliphatic rings. The van der Waals surface area contributed by atoms with E-state index < -0.39 is 5.97 Å². The number of allylic oxidation sites excluding steroid dienone is 1. The predicted octanol–water partition coefficient (Wildman–Crippen LogP) is 1.52. The zero-order chi connectivity index (χ0) is 11.5. The molecule has 4 nitrogen and oxygen atoms in total. The average molecular weight is 224 g/mol. The van der Waals surface area contributed by atoms with Crippen molar-refractivity contribution in [2.75, 3.05) is 13.2 Å². The fourth-order valence-corrected chi connectivity index (χ4v) is 1.78. The Morgan fingerprint density at radius 2 is 1.81 bits per heavy atom. The number of ether oxygens (including phenoxy) is 2. The highest BCUT2D eigenvalue weighted by atomic mass is 16.6. The number of hydrogen-bond donors (Lipinski definition) is 1. The highest BCUT2D eigenvalue weighted by Crippen LogP contribution is 2.30. The highest BCUT2D eigenvalue weighted by molar-refractivity contribution is 5.87. The Morgan fingerprint density at radius 1 is 1.31 bits per heavy atom. The topological polar surface area (TPSA) is 62.4 Å². The van der Waals surface area contributed by atoms with Crippen LogP contribution in [-0.4, -0.2) is 36.5 Å². The summed E-state index contributed by atoms with van der Waals surface area (Å²) in [5.41, 5.74) is 1.42. The highest BCUT2D eigenvalue weighted by Gasteiger charge is 2.31. The first-order valence-electron chi connectivity index (χ1n) is 5.49. The smallest absolute Gasteiger partial charge is 0.331 e. The number of carboxylic acid groups (broad SMARTS) is 1. The summed E-state index contributed by atoms with van der Waals surface area (Å²) in [6.45, 7) is 5.09. The first-order chi connectivity index (χ1) is 7.70. The van der Waals surface area contributed by atoms with Gasteiger partial charge in [0, 0.05) is 5.57 Å². The Kier molecular flexibility index (Phi) is 3.41. The maximum absolute atomic E-state index is 11.1. The van der Waals surface area contributed by atoms with Crippen molar-refractivity contribution in [3.8, 4) is 0 Å². The molecule has 1 N–H and O–H groups in total. The van der Waals surface area contributed by atoms with Crippen molar-refractivity contribution in [2.24, 2.45) is 0 Å². The molecule has 0 aromatic rings. The molecule has 0 radical (unpaired) electrons. The van der Waals surface area contributed by atoms with E-state index in [1.54, 1.807) is 6.08 Å². The van der Waals surface area contributed by atoms with Crippen molar-refractivity contribution in [1.29, 1.82) is 0 Å². The van der Waals surface area contributed by atoms with Crippen LogP contribution in [0.25, 0.3) is 0 Å². The second kappa shape index (κ2) is 4.80. The molecule has 16 heavy (non-hydrogen) atoms. The Hall–Kier alpha value is -1.13. The molecule has 0 aromatic heterocycles. The van der Waals surface area contributed by atoms with E-state index in [1.165, 1.54) is 0 Å². The predicted molar refractivity (Wildman–Crippen MR) is 58.2 cm³/mol. The number of rotatable bonds is 7. The zero-order valence-corrected chi connectivity index (χ0v) is 9.15. The van der Waals surface area contributed by atoms with E-state index in [9.17, 15) is 4.79 Å². The summed E-state index contributed by atoms with van der Waals surface area (Å²) in [5, 5.41) is 9.15. The van der Waals surface area contributed by atoms with Gasteiger partial charge in [-0.1, -0.05) is 11.6 Å². The van der Waals surface area contributed by atoms with Crippen molar-refractivity contribution in [1.82, 2.24) is 0 Å². The molecule has 88 valence electrons. The van der Waals surface area contributed by atoms with E-state index >= 15 is 0 Å².